The molecule has 3 heterocycles. The van der Waals surface area contributed by atoms with Crippen LogP contribution in [0.5, 0.6) is 5.75 Å². The number of nitrogens with two attached hydrogens (primary N) is 1. The number of hydrogen-bond donors (Lipinski definition) is 6. The molecule has 5 atom stereocenters. The molecule has 2 aliphatic heterocycles. The van der Waals surface area contributed by atoms with Gasteiger partial charge in [-0.25, -0.2) is 4.79 Å². The van der Waals surface area contributed by atoms with Crippen molar-refractivity contribution in [3.8, 4) is 5.75 Å². The number of aromatic amines is 1. The van der Waals surface area contributed by atoms with Crippen LogP contribution in [0.3, 0.4) is 0 Å². The van der Waals surface area contributed by atoms with E-state index in [-0.39, 0.29) is 34.5 Å². The zero-order valence-electron chi connectivity index (χ0n) is 19.8. The lowest BCUT2D eigenvalue weighted by atomic mass is 10.0. The van der Waals surface area contributed by atoms with Crippen molar-refractivity contribution in [2.24, 2.45) is 5.73 Å². The first-order valence-electron chi connectivity index (χ1n) is 11.1. The molecule has 1 fully saturated rings. The monoisotopic (exact) mass is 585 g/mol. The van der Waals surface area contributed by atoms with Crippen molar-refractivity contribution in [3.63, 3.8) is 0 Å². The number of phenols is 1. The van der Waals surface area contributed by atoms with Gasteiger partial charge in [-0.3, -0.25) is 19.1 Å². The van der Waals surface area contributed by atoms with Crippen LogP contribution in [0, 0.1) is 0 Å². The van der Waals surface area contributed by atoms with Crippen LogP contribution < -0.4 is 11.1 Å². The molecule has 1 saturated heterocycles. The summed E-state index contributed by atoms with van der Waals surface area (Å²) < 4.78 is 17.6. The number of amides is 2. The number of aromatic hydroxyl groups is 1. The highest BCUT2D eigenvalue weighted by atomic mass is 32.2. The molecule has 0 saturated carbocycles. The summed E-state index contributed by atoms with van der Waals surface area (Å²) in [6, 6.07) is 3.56. The van der Waals surface area contributed by atoms with Crippen molar-refractivity contribution in [2.75, 3.05) is 18.5 Å². The molecule has 3 unspecified atom stereocenters. The molecule has 1 aromatic heterocycles. The zero-order chi connectivity index (χ0) is 27.6. The summed E-state index contributed by atoms with van der Waals surface area (Å²) >= 11 is 2.10. The summed E-state index contributed by atoms with van der Waals surface area (Å²) in [7, 11) is -4.13. The van der Waals surface area contributed by atoms with Crippen molar-refractivity contribution < 1.29 is 38.6 Å². The van der Waals surface area contributed by atoms with Gasteiger partial charge in [0.1, 0.15) is 28.9 Å². The molecule has 2 aliphatic rings. The number of rotatable bonds is 11. The van der Waals surface area contributed by atoms with Crippen LogP contribution in [0.4, 0.5) is 0 Å². The summed E-state index contributed by atoms with van der Waals surface area (Å²) in [6.07, 6.45) is -0.457. The number of fused-ring (bicyclic) bond motifs is 1. The van der Waals surface area contributed by atoms with Crippen LogP contribution in [0.1, 0.15) is 18.5 Å². The van der Waals surface area contributed by atoms with Crippen molar-refractivity contribution >= 4 is 48.9 Å². The van der Waals surface area contributed by atoms with Crippen LogP contribution in [0.25, 0.3) is 0 Å². The lowest BCUT2D eigenvalue weighted by Gasteiger charge is -2.50. The number of thioether (sulfide) groups is 2. The molecule has 18 heteroatoms. The molecule has 0 radical (unpaired) electrons. The first-order valence-corrected chi connectivity index (χ1v) is 14.8. The molecule has 4 rings (SSSR count). The van der Waals surface area contributed by atoms with E-state index in [1.807, 2.05) is 0 Å². The molecular formula is C20H24N7O8PS2. The Bertz CT molecular complexity index is 1290. The summed E-state index contributed by atoms with van der Waals surface area (Å²) in [5.74, 6) is -2.64. The normalized spacial score (nSPS) is 22.2. The minimum atomic E-state index is -4.13. The number of aromatic nitrogens is 4. The third-order valence-electron chi connectivity index (χ3n) is 5.72. The molecule has 2 aromatic rings. The second-order valence-electron chi connectivity index (χ2n) is 8.18. The molecule has 7 N–H and O–H groups in total. The predicted molar refractivity (Wildman–Crippen MR) is 135 cm³/mol. The van der Waals surface area contributed by atoms with Crippen LogP contribution in [-0.2, 0) is 23.5 Å². The minimum absolute atomic E-state index is 0.00294. The van der Waals surface area contributed by atoms with E-state index in [0.717, 1.165) is 16.7 Å². The Morgan fingerprint density at radius 1 is 1.39 bits per heavy atom. The lowest BCUT2D eigenvalue weighted by molar-refractivity contribution is -0.150. The first kappa shape index (κ1) is 28.1. The number of carbonyl (C=O) groups is 3. The molecule has 38 heavy (non-hydrogen) atoms. The van der Waals surface area contributed by atoms with Gasteiger partial charge in [-0.15, -0.1) is 22.0 Å². The average molecular weight is 586 g/mol. The fourth-order valence-electron chi connectivity index (χ4n) is 3.98. The minimum Gasteiger partial charge on any atom is -0.508 e. The number of carbonyl (C=O) groups excluding carboxylic acids is 2. The number of aliphatic carboxylic acids is 1. The van der Waals surface area contributed by atoms with Crippen molar-refractivity contribution in [3.05, 3.63) is 41.1 Å². The van der Waals surface area contributed by atoms with Crippen LogP contribution in [0.15, 0.2) is 40.7 Å². The molecule has 2 amide bonds. The van der Waals surface area contributed by atoms with E-state index in [1.165, 1.54) is 36.0 Å². The SMILES string of the molecule is CCOP(=O)(O)CC(Sc1nn[nH]n1)C1=C(C(=O)O)N2C(=O)[C@@H](NC(=O)C(N)c3ccc(O)cc3)[C@@H]2SC1. The van der Waals surface area contributed by atoms with Crippen LogP contribution in [-0.4, -0.2) is 93.6 Å². The Morgan fingerprint density at radius 2 is 2.11 bits per heavy atom. The van der Waals surface area contributed by atoms with Crippen molar-refractivity contribution in [2.45, 2.75) is 34.8 Å². The Morgan fingerprint density at radius 3 is 2.71 bits per heavy atom. The Kier molecular flexibility index (Phi) is 8.44. The van der Waals surface area contributed by atoms with E-state index in [4.69, 9.17) is 10.3 Å². The maximum absolute atomic E-state index is 13.1. The first-order chi connectivity index (χ1) is 18.0. The second kappa shape index (κ2) is 11.4. The van der Waals surface area contributed by atoms with Gasteiger partial charge >= 0.3 is 13.6 Å². The van der Waals surface area contributed by atoms with E-state index in [2.05, 4.69) is 25.9 Å². The number of hydrogen-bond acceptors (Lipinski definition) is 12. The van der Waals surface area contributed by atoms with Crippen LogP contribution >= 0.6 is 31.1 Å². The Hall–Kier alpha value is -2.95. The van der Waals surface area contributed by atoms with E-state index in [0.29, 0.717) is 5.56 Å². The maximum Gasteiger partial charge on any atom is 0.352 e. The third kappa shape index (κ3) is 5.87. The number of carboxylic acids is 1. The second-order valence-corrected chi connectivity index (χ2v) is 12.4. The van der Waals surface area contributed by atoms with Gasteiger partial charge in [0.2, 0.25) is 11.1 Å². The van der Waals surface area contributed by atoms with Gasteiger partial charge in [0, 0.05) is 11.0 Å². The molecule has 1 aromatic carbocycles. The van der Waals surface area contributed by atoms with Gasteiger partial charge < -0.3 is 30.7 Å². The highest BCUT2D eigenvalue weighted by Crippen LogP contribution is 2.50. The Balaban J connectivity index is 1.57. The summed E-state index contributed by atoms with van der Waals surface area (Å²) in [5, 5.41) is 33.9. The maximum atomic E-state index is 13.1. The molecule has 15 nitrogen and oxygen atoms in total. The number of tetrazole rings is 1. The average Bonchev–Trinajstić information content (AvgIpc) is 3.38. The molecule has 0 spiro atoms. The highest BCUT2D eigenvalue weighted by molar-refractivity contribution is 8.01. The van der Waals surface area contributed by atoms with Gasteiger partial charge in [0.15, 0.2) is 0 Å². The highest BCUT2D eigenvalue weighted by Gasteiger charge is 2.55. The summed E-state index contributed by atoms with van der Waals surface area (Å²) in [5.41, 5.74) is 6.28. The number of benzene rings is 1. The standard InChI is InChI=1S/C20H24N7O8PS2/c1-2-35-36(33,34)7-12(38-20-23-25-26-24-20)11-8-37-18-14(17(30)27(18)15(11)19(31)32)22-16(29)13(21)9-3-5-10(28)6-4-9/h3-6,12-14,18,28H,2,7-8,21H2,1H3,(H,22,29)(H,31,32)(H,33,34)(H,23,24,25,26)/t12?,13?,14-,18+/m1/s1. The van der Waals surface area contributed by atoms with Crippen molar-refractivity contribution in [1.29, 1.82) is 0 Å². The Labute approximate surface area is 224 Å². The quantitative estimate of drug-likeness (QED) is 0.116. The number of phenolic OH excluding ortho intramolecular Hbond substituents is 1. The third-order valence-corrected chi connectivity index (χ3v) is 9.88. The van der Waals surface area contributed by atoms with Crippen LogP contribution in [0.2, 0.25) is 0 Å². The zero-order valence-corrected chi connectivity index (χ0v) is 22.3. The largest absolute Gasteiger partial charge is 0.508 e. The van der Waals surface area contributed by atoms with Crippen molar-refractivity contribution in [1.82, 2.24) is 30.8 Å². The topological polar surface area (TPSA) is 234 Å². The number of nitrogens with one attached hydrogen (secondary N) is 2. The lowest BCUT2D eigenvalue weighted by Crippen LogP contribution is -2.71. The summed E-state index contributed by atoms with van der Waals surface area (Å²) in [4.78, 5) is 49.5. The fourth-order valence-corrected chi connectivity index (χ4v) is 8.29. The summed E-state index contributed by atoms with van der Waals surface area (Å²) in [6.45, 7) is 1.52. The number of nitrogens with zero attached hydrogens (tertiary/aromatic N) is 4. The van der Waals surface area contributed by atoms with E-state index in [1.54, 1.807) is 6.92 Å². The fraction of sp³-hybridized carbons (Fsp3) is 0.400. The molecular weight excluding hydrogens is 561 g/mol. The predicted octanol–water partition coefficient (Wildman–Crippen LogP) is 0.0265. The molecule has 204 valence electrons. The number of carboxylic acid groups (broad SMARTS) is 1. The van der Waals surface area contributed by atoms with Gasteiger partial charge in [-0.05, 0) is 35.4 Å². The van der Waals surface area contributed by atoms with Gasteiger partial charge in [0.05, 0.1) is 12.8 Å². The van der Waals surface area contributed by atoms with E-state index in [9.17, 15) is 34.1 Å². The molecule has 0 aliphatic carbocycles. The van der Waals surface area contributed by atoms with Gasteiger partial charge in [-0.1, -0.05) is 23.9 Å². The van der Waals surface area contributed by atoms with Gasteiger partial charge in [0.25, 0.3) is 5.91 Å². The van der Waals surface area contributed by atoms with Gasteiger partial charge in [-0.2, -0.15) is 5.21 Å². The smallest absolute Gasteiger partial charge is 0.352 e. The number of β-lactam (4-membered cyclic amide) rings is 1. The van der Waals surface area contributed by atoms with E-state index < -0.39 is 54.2 Å². The molecule has 0 bridgehead atoms. The van der Waals surface area contributed by atoms with E-state index >= 15 is 0 Å². The number of H-pyrrole nitrogens is 1.